The summed E-state index contributed by atoms with van der Waals surface area (Å²) in [5.41, 5.74) is 5.70. The van der Waals surface area contributed by atoms with Crippen LogP contribution >= 0.6 is 0 Å². The second-order valence-corrected chi connectivity index (χ2v) is 6.04. The van der Waals surface area contributed by atoms with Crippen molar-refractivity contribution in [3.63, 3.8) is 0 Å². The van der Waals surface area contributed by atoms with Crippen LogP contribution in [0.2, 0.25) is 0 Å². The SMILES string of the molecule is CCCCC(CC)CC(=O)C1CCC(CN)CC1. The molecule has 1 rings (SSSR count). The Morgan fingerprint density at radius 2 is 1.89 bits per heavy atom. The Balaban J connectivity index is 2.31. The van der Waals surface area contributed by atoms with Crippen LogP contribution in [0.5, 0.6) is 0 Å². The van der Waals surface area contributed by atoms with E-state index < -0.39 is 0 Å². The fourth-order valence-electron chi connectivity index (χ4n) is 3.11. The minimum atomic E-state index is 0.350. The van der Waals surface area contributed by atoms with Gasteiger partial charge in [0.15, 0.2) is 0 Å². The van der Waals surface area contributed by atoms with Crippen molar-refractivity contribution in [3.8, 4) is 0 Å². The first kappa shape index (κ1) is 15.7. The monoisotopic (exact) mass is 253 g/mol. The molecule has 0 bridgehead atoms. The van der Waals surface area contributed by atoms with Crippen molar-refractivity contribution in [1.29, 1.82) is 0 Å². The largest absolute Gasteiger partial charge is 0.330 e. The molecule has 2 heteroatoms. The van der Waals surface area contributed by atoms with Crippen LogP contribution in [0.1, 0.15) is 71.6 Å². The van der Waals surface area contributed by atoms with Crippen LogP contribution in [0.3, 0.4) is 0 Å². The molecule has 1 atom stereocenters. The van der Waals surface area contributed by atoms with E-state index in [4.69, 9.17) is 5.73 Å². The molecule has 2 nitrogen and oxygen atoms in total. The van der Waals surface area contributed by atoms with Gasteiger partial charge in [-0.1, -0.05) is 39.5 Å². The highest BCUT2D eigenvalue weighted by molar-refractivity contribution is 5.81. The predicted molar refractivity (Wildman–Crippen MR) is 77.4 cm³/mol. The molecule has 2 N–H and O–H groups in total. The molecule has 0 aromatic carbocycles. The lowest BCUT2D eigenvalue weighted by Gasteiger charge is -2.27. The molecule has 1 fully saturated rings. The van der Waals surface area contributed by atoms with Gasteiger partial charge in [0.2, 0.25) is 0 Å². The summed E-state index contributed by atoms with van der Waals surface area (Å²) in [6.45, 7) is 5.25. The number of ketones is 1. The quantitative estimate of drug-likeness (QED) is 0.712. The molecule has 106 valence electrons. The Hall–Kier alpha value is -0.370. The van der Waals surface area contributed by atoms with E-state index in [1.165, 1.54) is 32.1 Å². The first-order valence-corrected chi connectivity index (χ1v) is 7.93. The van der Waals surface area contributed by atoms with Crippen molar-refractivity contribution >= 4 is 5.78 Å². The number of Topliss-reactive ketones (excluding diaryl/α,β-unsaturated/α-hetero) is 1. The number of hydrogen-bond acceptors (Lipinski definition) is 2. The van der Waals surface area contributed by atoms with Crippen molar-refractivity contribution in [2.24, 2.45) is 23.5 Å². The molecule has 0 saturated heterocycles. The Labute approximate surface area is 113 Å². The molecule has 0 aromatic rings. The number of carbonyl (C=O) groups is 1. The molecule has 1 saturated carbocycles. The van der Waals surface area contributed by atoms with Gasteiger partial charge in [-0.25, -0.2) is 0 Å². The Morgan fingerprint density at radius 3 is 2.39 bits per heavy atom. The summed E-state index contributed by atoms with van der Waals surface area (Å²) in [5, 5.41) is 0. The third kappa shape index (κ3) is 5.09. The predicted octanol–water partition coefficient (Wildman–Crippen LogP) is 3.93. The first-order valence-electron chi connectivity index (χ1n) is 7.93. The van der Waals surface area contributed by atoms with Crippen molar-refractivity contribution in [2.75, 3.05) is 6.54 Å². The maximum atomic E-state index is 12.3. The van der Waals surface area contributed by atoms with Gasteiger partial charge in [-0.3, -0.25) is 4.79 Å². The molecule has 0 radical (unpaired) electrons. The van der Waals surface area contributed by atoms with Crippen LogP contribution in [0.4, 0.5) is 0 Å². The summed E-state index contributed by atoms with van der Waals surface area (Å²) in [6.07, 6.45) is 10.2. The number of hydrogen-bond donors (Lipinski definition) is 1. The van der Waals surface area contributed by atoms with Crippen LogP contribution in [0.15, 0.2) is 0 Å². The molecular formula is C16H31NO. The summed E-state index contributed by atoms with van der Waals surface area (Å²) in [7, 11) is 0. The highest BCUT2D eigenvalue weighted by Gasteiger charge is 2.26. The minimum absolute atomic E-state index is 0.350. The fraction of sp³-hybridized carbons (Fsp3) is 0.938. The van der Waals surface area contributed by atoms with Gasteiger partial charge in [-0.05, 0) is 44.1 Å². The van der Waals surface area contributed by atoms with Crippen molar-refractivity contribution in [2.45, 2.75) is 71.6 Å². The average Bonchev–Trinajstić information content (AvgIpc) is 2.43. The van der Waals surface area contributed by atoms with Gasteiger partial charge in [0, 0.05) is 12.3 Å². The van der Waals surface area contributed by atoms with Gasteiger partial charge in [0.1, 0.15) is 5.78 Å². The van der Waals surface area contributed by atoms with E-state index in [-0.39, 0.29) is 0 Å². The van der Waals surface area contributed by atoms with Crippen LogP contribution < -0.4 is 5.73 Å². The second kappa shape index (κ2) is 8.68. The molecule has 1 aliphatic carbocycles. The van der Waals surface area contributed by atoms with Crippen LogP contribution in [0, 0.1) is 17.8 Å². The van der Waals surface area contributed by atoms with Crippen LogP contribution in [-0.4, -0.2) is 12.3 Å². The lowest BCUT2D eigenvalue weighted by atomic mass is 9.77. The molecule has 1 aliphatic rings. The van der Waals surface area contributed by atoms with E-state index in [2.05, 4.69) is 13.8 Å². The normalized spacial score (nSPS) is 25.9. The summed E-state index contributed by atoms with van der Waals surface area (Å²) in [4.78, 5) is 12.3. The molecule has 1 unspecified atom stereocenters. The summed E-state index contributed by atoms with van der Waals surface area (Å²) in [5.74, 6) is 2.19. The summed E-state index contributed by atoms with van der Waals surface area (Å²) < 4.78 is 0. The fourth-order valence-corrected chi connectivity index (χ4v) is 3.11. The topological polar surface area (TPSA) is 43.1 Å². The zero-order valence-electron chi connectivity index (χ0n) is 12.3. The van der Waals surface area contributed by atoms with E-state index >= 15 is 0 Å². The highest BCUT2D eigenvalue weighted by Crippen LogP contribution is 2.31. The lowest BCUT2D eigenvalue weighted by molar-refractivity contribution is -0.125. The highest BCUT2D eigenvalue weighted by atomic mass is 16.1. The molecule has 0 aliphatic heterocycles. The van der Waals surface area contributed by atoms with Gasteiger partial charge >= 0.3 is 0 Å². The number of nitrogens with two attached hydrogens (primary N) is 1. The van der Waals surface area contributed by atoms with Crippen LogP contribution in [0.25, 0.3) is 0 Å². The van der Waals surface area contributed by atoms with E-state index in [1.807, 2.05) is 0 Å². The molecule has 0 heterocycles. The van der Waals surface area contributed by atoms with E-state index in [0.717, 1.165) is 32.2 Å². The maximum absolute atomic E-state index is 12.3. The van der Waals surface area contributed by atoms with Gasteiger partial charge in [-0.2, -0.15) is 0 Å². The zero-order chi connectivity index (χ0) is 13.4. The third-order valence-electron chi connectivity index (χ3n) is 4.67. The van der Waals surface area contributed by atoms with E-state index in [9.17, 15) is 4.79 Å². The first-order chi connectivity index (χ1) is 8.71. The van der Waals surface area contributed by atoms with Gasteiger partial charge < -0.3 is 5.73 Å². The Bertz CT molecular complexity index is 231. The number of unbranched alkanes of at least 4 members (excludes halogenated alkanes) is 1. The lowest BCUT2D eigenvalue weighted by Crippen LogP contribution is -2.26. The number of rotatable bonds is 8. The van der Waals surface area contributed by atoms with Gasteiger partial charge in [0.25, 0.3) is 0 Å². The molecule has 18 heavy (non-hydrogen) atoms. The van der Waals surface area contributed by atoms with Gasteiger partial charge in [-0.15, -0.1) is 0 Å². The van der Waals surface area contributed by atoms with E-state index in [1.54, 1.807) is 0 Å². The zero-order valence-corrected chi connectivity index (χ0v) is 12.3. The van der Waals surface area contributed by atoms with Crippen molar-refractivity contribution < 1.29 is 4.79 Å². The third-order valence-corrected chi connectivity index (χ3v) is 4.67. The molecule has 0 aromatic heterocycles. The van der Waals surface area contributed by atoms with Crippen LogP contribution in [-0.2, 0) is 4.79 Å². The van der Waals surface area contributed by atoms with Crippen molar-refractivity contribution in [1.82, 2.24) is 0 Å². The molecule has 0 spiro atoms. The maximum Gasteiger partial charge on any atom is 0.136 e. The molecular weight excluding hydrogens is 222 g/mol. The number of carbonyl (C=O) groups excluding carboxylic acids is 1. The smallest absolute Gasteiger partial charge is 0.136 e. The Morgan fingerprint density at radius 1 is 1.22 bits per heavy atom. The summed E-state index contributed by atoms with van der Waals surface area (Å²) in [6, 6.07) is 0. The van der Waals surface area contributed by atoms with E-state index in [0.29, 0.717) is 23.5 Å². The average molecular weight is 253 g/mol. The standard InChI is InChI=1S/C16H31NO/c1-3-5-6-13(4-2)11-16(18)15-9-7-14(12-17)8-10-15/h13-15H,3-12,17H2,1-2H3. The second-order valence-electron chi connectivity index (χ2n) is 6.04. The van der Waals surface area contributed by atoms with Gasteiger partial charge in [0.05, 0.1) is 0 Å². The Kier molecular flexibility index (Phi) is 7.57. The summed E-state index contributed by atoms with van der Waals surface area (Å²) >= 11 is 0. The van der Waals surface area contributed by atoms with Crippen molar-refractivity contribution in [3.05, 3.63) is 0 Å². The minimum Gasteiger partial charge on any atom is -0.330 e. The molecule has 0 amide bonds.